The van der Waals surface area contributed by atoms with E-state index >= 15 is 0 Å². The largest absolute Gasteiger partial charge is 0.386 e. The van der Waals surface area contributed by atoms with Crippen LogP contribution in [0.2, 0.25) is 0 Å². The first-order chi connectivity index (χ1) is 11.1. The second-order valence-electron chi connectivity index (χ2n) is 6.21. The number of fused-ring (bicyclic) bond motifs is 3. The molecule has 1 atom stereocenters. The van der Waals surface area contributed by atoms with Crippen LogP contribution in [0.15, 0.2) is 24.3 Å². The third-order valence-corrected chi connectivity index (χ3v) is 4.54. The van der Waals surface area contributed by atoms with Gasteiger partial charge in [-0.25, -0.2) is 9.97 Å². The minimum atomic E-state index is -0.851. The molecule has 1 aromatic carbocycles. The van der Waals surface area contributed by atoms with Crippen LogP contribution >= 0.6 is 0 Å². The molecule has 6 heteroatoms. The van der Waals surface area contributed by atoms with Crippen molar-refractivity contribution in [3.05, 3.63) is 30.1 Å². The maximum absolute atomic E-state index is 10.8. The fraction of sp³-hybridized carbons (Fsp3) is 0.412. The summed E-state index contributed by atoms with van der Waals surface area (Å²) in [6, 6.07) is 7.90. The summed E-state index contributed by atoms with van der Waals surface area (Å²) >= 11 is 0. The Kier molecular flexibility index (Phi) is 3.25. The molecule has 120 valence electrons. The van der Waals surface area contributed by atoms with Gasteiger partial charge in [0, 0.05) is 24.8 Å². The van der Waals surface area contributed by atoms with Crippen LogP contribution in [0.1, 0.15) is 19.2 Å². The van der Waals surface area contributed by atoms with E-state index in [-0.39, 0.29) is 0 Å². The lowest BCUT2D eigenvalue weighted by Gasteiger charge is -2.23. The summed E-state index contributed by atoms with van der Waals surface area (Å²) < 4.78 is 7.47. The number of aromatic nitrogens is 3. The molecule has 0 bridgehead atoms. The topological polar surface area (TPSA) is 86.2 Å². The number of hydrogen-bond donors (Lipinski definition) is 2. The van der Waals surface area contributed by atoms with Gasteiger partial charge in [0.05, 0.1) is 24.2 Å². The number of anilines is 1. The van der Waals surface area contributed by atoms with Crippen LogP contribution in [0, 0.1) is 0 Å². The van der Waals surface area contributed by atoms with E-state index in [4.69, 9.17) is 10.5 Å². The van der Waals surface area contributed by atoms with Gasteiger partial charge >= 0.3 is 0 Å². The van der Waals surface area contributed by atoms with Gasteiger partial charge < -0.3 is 20.1 Å². The lowest BCUT2D eigenvalue weighted by atomic mass is 10.0. The van der Waals surface area contributed by atoms with E-state index in [1.54, 1.807) is 0 Å². The number of benzene rings is 1. The molecule has 0 radical (unpaired) electrons. The monoisotopic (exact) mass is 312 g/mol. The minimum Gasteiger partial charge on any atom is -0.386 e. The van der Waals surface area contributed by atoms with Crippen LogP contribution in [-0.2, 0) is 17.7 Å². The molecule has 4 rings (SSSR count). The van der Waals surface area contributed by atoms with Gasteiger partial charge in [-0.1, -0.05) is 25.1 Å². The molecule has 0 aliphatic carbocycles. The Bertz CT molecular complexity index is 881. The lowest BCUT2D eigenvalue weighted by molar-refractivity contribution is 0.0122. The first-order valence-electron chi connectivity index (χ1n) is 7.95. The SMILES string of the molecule is CCc1nc2c(N)nc3ccccc3c2n1CC1(O)CCOC1. The predicted molar refractivity (Wildman–Crippen MR) is 89.2 cm³/mol. The first-order valence-corrected chi connectivity index (χ1v) is 7.95. The van der Waals surface area contributed by atoms with E-state index in [9.17, 15) is 5.11 Å². The summed E-state index contributed by atoms with van der Waals surface area (Å²) in [5, 5.41) is 11.8. The average molecular weight is 312 g/mol. The lowest BCUT2D eigenvalue weighted by Crippen LogP contribution is -2.35. The molecule has 1 aliphatic rings. The van der Waals surface area contributed by atoms with Crippen molar-refractivity contribution in [1.82, 2.24) is 14.5 Å². The van der Waals surface area contributed by atoms with Crippen molar-refractivity contribution in [3.63, 3.8) is 0 Å². The van der Waals surface area contributed by atoms with Gasteiger partial charge in [-0.15, -0.1) is 0 Å². The van der Waals surface area contributed by atoms with Crippen LogP contribution in [0.4, 0.5) is 5.82 Å². The number of nitrogens with zero attached hydrogens (tertiary/aromatic N) is 3. The van der Waals surface area contributed by atoms with Crippen molar-refractivity contribution in [2.45, 2.75) is 31.9 Å². The highest BCUT2D eigenvalue weighted by Gasteiger charge is 2.34. The van der Waals surface area contributed by atoms with E-state index in [2.05, 4.69) is 21.5 Å². The Morgan fingerprint density at radius 2 is 2.17 bits per heavy atom. The Morgan fingerprint density at radius 1 is 1.35 bits per heavy atom. The molecule has 0 spiro atoms. The fourth-order valence-corrected chi connectivity index (χ4v) is 3.36. The van der Waals surface area contributed by atoms with E-state index in [0.717, 1.165) is 28.7 Å². The molecule has 23 heavy (non-hydrogen) atoms. The summed E-state index contributed by atoms with van der Waals surface area (Å²) in [4.78, 5) is 9.13. The number of aliphatic hydroxyl groups is 1. The summed E-state index contributed by atoms with van der Waals surface area (Å²) in [6.07, 6.45) is 1.40. The molecule has 3 aromatic rings. The van der Waals surface area contributed by atoms with E-state index < -0.39 is 5.60 Å². The molecule has 2 aromatic heterocycles. The Labute approximate surface area is 133 Å². The number of hydrogen-bond acceptors (Lipinski definition) is 5. The Balaban J connectivity index is 2.00. The van der Waals surface area contributed by atoms with Crippen molar-refractivity contribution in [1.29, 1.82) is 0 Å². The molecule has 3 N–H and O–H groups in total. The molecule has 0 saturated carbocycles. The zero-order chi connectivity index (χ0) is 16.0. The molecule has 1 aliphatic heterocycles. The highest BCUT2D eigenvalue weighted by atomic mass is 16.5. The van der Waals surface area contributed by atoms with Crippen molar-refractivity contribution >= 4 is 27.8 Å². The maximum Gasteiger partial charge on any atom is 0.152 e. The number of ether oxygens (including phenoxy) is 1. The van der Waals surface area contributed by atoms with Gasteiger partial charge in [0.15, 0.2) is 5.82 Å². The summed E-state index contributed by atoms with van der Waals surface area (Å²) in [5.41, 5.74) is 7.78. The highest BCUT2D eigenvalue weighted by molar-refractivity contribution is 6.06. The molecule has 1 fully saturated rings. The van der Waals surface area contributed by atoms with Crippen LogP contribution < -0.4 is 5.73 Å². The molecular weight excluding hydrogens is 292 g/mol. The van der Waals surface area contributed by atoms with Gasteiger partial charge in [-0.3, -0.25) is 0 Å². The Hall–Kier alpha value is -2.18. The van der Waals surface area contributed by atoms with Crippen LogP contribution in [0.5, 0.6) is 0 Å². The molecule has 1 unspecified atom stereocenters. The van der Waals surface area contributed by atoms with Crippen LogP contribution in [0.25, 0.3) is 21.9 Å². The van der Waals surface area contributed by atoms with Crippen molar-refractivity contribution in [2.24, 2.45) is 0 Å². The number of aryl methyl sites for hydroxylation is 1. The van der Waals surface area contributed by atoms with Crippen molar-refractivity contribution in [3.8, 4) is 0 Å². The quantitative estimate of drug-likeness (QED) is 0.771. The van der Waals surface area contributed by atoms with Crippen LogP contribution in [0.3, 0.4) is 0 Å². The van der Waals surface area contributed by atoms with E-state index in [1.807, 2.05) is 24.3 Å². The smallest absolute Gasteiger partial charge is 0.152 e. The van der Waals surface area contributed by atoms with Gasteiger partial charge in [0.2, 0.25) is 0 Å². The number of rotatable bonds is 3. The molecule has 3 heterocycles. The average Bonchev–Trinajstić information content (AvgIpc) is 3.13. The number of para-hydroxylation sites is 1. The summed E-state index contributed by atoms with van der Waals surface area (Å²) in [5.74, 6) is 1.34. The van der Waals surface area contributed by atoms with Crippen LogP contribution in [-0.4, -0.2) is 38.5 Å². The van der Waals surface area contributed by atoms with Gasteiger partial charge in [0.1, 0.15) is 16.9 Å². The molecular formula is C17H20N4O2. The highest BCUT2D eigenvalue weighted by Crippen LogP contribution is 2.31. The number of nitrogen functional groups attached to an aromatic ring is 1. The zero-order valence-corrected chi connectivity index (χ0v) is 13.1. The second-order valence-corrected chi connectivity index (χ2v) is 6.21. The van der Waals surface area contributed by atoms with Crippen molar-refractivity contribution < 1.29 is 9.84 Å². The zero-order valence-electron chi connectivity index (χ0n) is 13.1. The second kappa shape index (κ2) is 5.18. The van der Waals surface area contributed by atoms with Gasteiger partial charge in [-0.05, 0) is 6.07 Å². The molecule has 6 nitrogen and oxygen atoms in total. The summed E-state index contributed by atoms with van der Waals surface area (Å²) in [7, 11) is 0. The summed E-state index contributed by atoms with van der Waals surface area (Å²) in [6.45, 7) is 3.46. The standard InChI is InChI=1S/C17H20N4O2/c1-2-13-20-14-15(21(13)9-17(22)7-8-23-10-17)11-5-3-4-6-12(11)19-16(14)18/h3-6,22H,2,7-10H2,1H3,(H2,18,19). The number of imidazole rings is 1. The maximum atomic E-state index is 10.8. The number of nitrogens with two attached hydrogens (primary N) is 1. The first kappa shape index (κ1) is 14.4. The number of pyridine rings is 1. The fourth-order valence-electron chi connectivity index (χ4n) is 3.36. The minimum absolute atomic E-state index is 0.355. The normalized spacial score (nSPS) is 21.5. The third kappa shape index (κ3) is 2.26. The predicted octanol–water partition coefficient (Wildman–Crippen LogP) is 1.88. The van der Waals surface area contributed by atoms with Gasteiger partial charge in [0.25, 0.3) is 0 Å². The molecule has 1 saturated heterocycles. The van der Waals surface area contributed by atoms with E-state index in [0.29, 0.717) is 37.5 Å². The Morgan fingerprint density at radius 3 is 2.91 bits per heavy atom. The van der Waals surface area contributed by atoms with Crippen molar-refractivity contribution in [2.75, 3.05) is 18.9 Å². The molecule has 0 amide bonds. The third-order valence-electron chi connectivity index (χ3n) is 4.54. The van der Waals surface area contributed by atoms with Gasteiger partial charge in [-0.2, -0.15) is 0 Å². The van der Waals surface area contributed by atoms with E-state index in [1.165, 1.54) is 0 Å².